The summed E-state index contributed by atoms with van der Waals surface area (Å²) in [6.45, 7) is 8.11. The summed E-state index contributed by atoms with van der Waals surface area (Å²) in [5.41, 5.74) is 0.611. The lowest BCUT2D eigenvalue weighted by atomic mass is 9.96. The number of hydrogen-bond acceptors (Lipinski definition) is 4. The lowest BCUT2D eigenvalue weighted by molar-refractivity contribution is -0.134. The highest BCUT2D eigenvalue weighted by atomic mass is 16.5. The van der Waals surface area contributed by atoms with E-state index in [2.05, 4.69) is 5.32 Å². The van der Waals surface area contributed by atoms with Gasteiger partial charge >= 0.3 is 0 Å². The zero-order chi connectivity index (χ0) is 18.9. The van der Waals surface area contributed by atoms with Crippen molar-refractivity contribution < 1.29 is 19.1 Å². The highest BCUT2D eigenvalue weighted by Gasteiger charge is 2.28. The monoisotopic (exact) mass is 362 g/mol. The fraction of sp³-hybridized carbons (Fsp3) is 0.600. The van der Waals surface area contributed by atoms with Crippen molar-refractivity contribution in [3.05, 3.63) is 18.2 Å². The van der Waals surface area contributed by atoms with Crippen LogP contribution < -0.4 is 14.8 Å². The van der Waals surface area contributed by atoms with E-state index in [4.69, 9.17) is 9.47 Å². The first kappa shape index (κ1) is 20.1. The molecule has 1 atom stereocenters. The van der Waals surface area contributed by atoms with Gasteiger partial charge in [-0.25, -0.2) is 0 Å². The first-order chi connectivity index (χ1) is 12.6. The van der Waals surface area contributed by atoms with Crippen molar-refractivity contribution in [2.45, 2.75) is 46.5 Å². The van der Waals surface area contributed by atoms with Crippen molar-refractivity contribution in [2.75, 3.05) is 31.6 Å². The van der Waals surface area contributed by atoms with Crippen LogP contribution >= 0.6 is 0 Å². The molecule has 1 aromatic carbocycles. The van der Waals surface area contributed by atoms with Crippen LogP contribution in [0.15, 0.2) is 18.2 Å². The number of carbonyl (C=O) groups excluding carboxylic acids is 2. The molecule has 2 amide bonds. The normalized spacial score (nSPS) is 16.9. The van der Waals surface area contributed by atoms with Crippen LogP contribution in [0, 0.1) is 5.92 Å². The van der Waals surface area contributed by atoms with E-state index >= 15 is 0 Å². The minimum absolute atomic E-state index is 0.0754. The molecule has 1 aliphatic heterocycles. The van der Waals surface area contributed by atoms with Crippen LogP contribution in [0.2, 0.25) is 0 Å². The number of carbonyl (C=O) groups is 2. The standard InChI is InChI=1S/C20H30N2O4/c1-4-8-19(23)22-12-7-9-15(14-22)20(24)21-17-13-16(25-5-2)10-11-18(17)26-6-3/h10-11,13,15H,4-9,12,14H2,1-3H3,(H,21,24). The smallest absolute Gasteiger partial charge is 0.229 e. The molecular weight excluding hydrogens is 332 g/mol. The van der Waals surface area contributed by atoms with Gasteiger partial charge in [-0.2, -0.15) is 0 Å². The predicted octanol–water partition coefficient (Wildman–Crippen LogP) is 3.46. The van der Waals surface area contributed by atoms with E-state index in [0.717, 1.165) is 25.8 Å². The summed E-state index contributed by atoms with van der Waals surface area (Å²) in [6.07, 6.45) is 3.01. The lowest BCUT2D eigenvalue weighted by Gasteiger charge is -2.32. The summed E-state index contributed by atoms with van der Waals surface area (Å²) in [5.74, 6) is 1.18. The van der Waals surface area contributed by atoms with E-state index < -0.39 is 0 Å². The van der Waals surface area contributed by atoms with E-state index in [1.165, 1.54) is 0 Å². The number of hydrogen-bond donors (Lipinski definition) is 1. The Hall–Kier alpha value is -2.24. The Balaban J connectivity index is 2.07. The molecule has 1 aromatic rings. The van der Waals surface area contributed by atoms with Crippen LogP contribution in [0.5, 0.6) is 11.5 Å². The van der Waals surface area contributed by atoms with Crippen LogP contribution in [0.3, 0.4) is 0 Å². The molecule has 0 bridgehead atoms. The number of ether oxygens (including phenoxy) is 2. The van der Waals surface area contributed by atoms with Gasteiger partial charge in [0.25, 0.3) is 0 Å². The molecule has 1 heterocycles. The van der Waals surface area contributed by atoms with Crippen LogP contribution in [-0.4, -0.2) is 43.0 Å². The summed E-state index contributed by atoms with van der Waals surface area (Å²) < 4.78 is 11.1. The summed E-state index contributed by atoms with van der Waals surface area (Å²) in [4.78, 5) is 26.7. The van der Waals surface area contributed by atoms with Crippen molar-refractivity contribution in [3.63, 3.8) is 0 Å². The van der Waals surface area contributed by atoms with Crippen molar-refractivity contribution in [3.8, 4) is 11.5 Å². The predicted molar refractivity (Wildman–Crippen MR) is 102 cm³/mol. The summed E-state index contributed by atoms with van der Waals surface area (Å²) >= 11 is 0. The van der Waals surface area contributed by atoms with E-state index in [9.17, 15) is 9.59 Å². The van der Waals surface area contributed by atoms with Gasteiger partial charge in [-0.3, -0.25) is 9.59 Å². The second-order valence-corrected chi connectivity index (χ2v) is 6.44. The van der Waals surface area contributed by atoms with Gasteiger partial charge < -0.3 is 19.7 Å². The molecule has 6 heteroatoms. The largest absolute Gasteiger partial charge is 0.494 e. The molecule has 1 aliphatic rings. The zero-order valence-electron chi connectivity index (χ0n) is 16.0. The first-order valence-electron chi connectivity index (χ1n) is 9.57. The highest BCUT2D eigenvalue weighted by Crippen LogP contribution is 2.30. The number of benzene rings is 1. The van der Waals surface area contributed by atoms with Crippen molar-refractivity contribution in [1.82, 2.24) is 4.90 Å². The second-order valence-electron chi connectivity index (χ2n) is 6.44. The molecule has 2 rings (SSSR count). The Morgan fingerprint density at radius 1 is 1.19 bits per heavy atom. The van der Waals surface area contributed by atoms with Crippen molar-refractivity contribution >= 4 is 17.5 Å². The van der Waals surface area contributed by atoms with Gasteiger partial charge in [0, 0.05) is 25.6 Å². The van der Waals surface area contributed by atoms with E-state index in [1.54, 1.807) is 6.07 Å². The summed E-state index contributed by atoms with van der Waals surface area (Å²) in [7, 11) is 0. The fourth-order valence-electron chi connectivity index (χ4n) is 3.17. The topological polar surface area (TPSA) is 67.9 Å². The van der Waals surface area contributed by atoms with Gasteiger partial charge in [0.05, 0.1) is 24.8 Å². The molecule has 0 aliphatic carbocycles. The van der Waals surface area contributed by atoms with Crippen molar-refractivity contribution in [2.24, 2.45) is 5.92 Å². The third kappa shape index (κ3) is 5.38. The van der Waals surface area contributed by atoms with Crippen LogP contribution in [-0.2, 0) is 9.59 Å². The van der Waals surface area contributed by atoms with Gasteiger partial charge in [-0.05, 0) is 45.2 Å². The number of nitrogens with zero attached hydrogens (tertiary/aromatic N) is 1. The molecule has 1 unspecified atom stereocenters. The Labute approximate surface area is 155 Å². The molecular formula is C20H30N2O4. The number of piperidine rings is 1. The summed E-state index contributed by atoms with van der Waals surface area (Å²) in [6, 6.07) is 5.42. The number of anilines is 1. The molecule has 6 nitrogen and oxygen atoms in total. The number of amides is 2. The Morgan fingerprint density at radius 3 is 2.65 bits per heavy atom. The quantitative estimate of drug-likeness (QED) is 0.769. The van der Waals surface area contributed by atoms with Crippen LogP contribution in [0.1, 0.15) is 46.5 Å². The maximum atomic E-state index is 12.8. The van der Waals surface area contributed by atoms with Crippen LogP contribution in [0.4, 0.5) is 5.69 Å². The van der Waals surface area contributed by atoms with E-state index in [-0.39, 0.29) is 17.7 Å². The number of rotatable bonds is 8. The summed E-state index contributed by atoms with van der Waals surface area (Å²) in [5, 5.41) is 2.97. The van der Waals surface area contributed by atoms with Gasteiger partial charge in [0.15, 0.2) is 0 Å². The first-order valence-corrected chi connectivity index (χ1v) is 9.57. The Morgan fingerprint density at radius 2 is 1.96 bits per heavy atom. The van der Waals surface area contributed by atoms with Crippen molar-refractivity contribution in [1.29, 1.82) is 0 Å². The fourth-order valence-corrected chi connectivity index (χ4v) is 3.17. The van der Waals surface area contributed by atoms with Gasteiger partial charge in [0.2, 0.25) is 11.8 Å². The van der Waals surface area contributed by atoms with Crippen LogP contribution in [0.25, 0.3) is 0 Å². The third-order valence-corrected chi connectivity index (χ3v) is 4.43. The van der Waals surface area contributed by atoms with Gasteiger partial charge in [-0.15, -0.1) is 0 Å². The number of nitrogens with one attached hydrogen (secondary N) is 1. The molecule has 26 heavy (non-hydrogen) atoms. The second kappa shape index (κ2) is 10.0. The average Bonchev–Trinajstić information content (AvgIpc) is 2.64. The highest BCUT2D eigenvalue weighted by molar-refractivity contribution is 5.94. The molecule has 0 spiro atoms. The molecule has 1 saturated heterocycles. The third-order valence-electron chi connectivity index (χ3n) is 4.43. The Bertz CT molecular complexity index is 618. The van der Waals surface area contributed by atoms with Gasteiger partial charge in [-0.1, -0.05) is 6.92 Å². The molecule has 0 saturated carbocycles. The number of likely N-dealkylation sites (tertiary alicyclic amines) is 1. The average molecular weight is 362 g/mol. The van der Waals surface area contributed by atoms with E-state index in [0.29, 0.717) is 43.4 Å². The SMILES string of the molecule is CCCC(=O)N1CCCC(C(=O)Nc2cc(OCC)ccc2OCC)C1. The molecule has 1 N–H and O–H groups in total. The maximum absolute atomic E-state index is 12.8. The zero-order valence-corrected chi connectivity index (χ0v) is 16.0. The Kier molecular flexibility index (Phi) is 7.75. The lowest BCUT2D eigenvalue weighted by Crippen LogP contribution is -2.43. The minimum atomic E-state index is -0.199. The maximum Gasteiger partial charge on any atom is 0.229 e. The molecule has 0 radical (unpaired) electrons. The molecule has 0 aromatic heterocycles. The molecule has 1 fully saturated rings. The van der Waals surface area contributed by atoms with E-state index in [1.807, 2.05) is 37.8 Å². The van der Waals surface area contributed by atoms with Gasteiger partial charge in [0.1, 0.15) is 11.5 Å². The molecule has 144 valence electrons. The minimum Gasteiger partial charge on any atom is -0.494 e.